The zero-order valence-corrected chi connectivity index (χ0v) is 16.5. The molecular formula is C22H26N2O4. The second-order valence-electron chi connectivity index (χ2n) is 7.01. The van der Waals surface area contributed by atoms with Crippen LogP contribution < -0.4 is 14.8 Å². The van der Waals surface area contributed by atoms with Crippen molar-refractivity contribution in [2.24, 2.45) is 5.92 Å². The van der Waals surface area contributed by atoms with E-state index in [0.717, 1.165) is 16.7 Å². The molecule has 0 bridgehead atoms. The Morgan fingerprint density at radius 2 is 1.89 bits per heavy atom. The third kappa shape index (κ3) is 4.44. The first-order valence-electron chi connectivity index (χ1n) is 9.32. The molecule has 0 saturated carbocycles. The lowest BCUT2D eigenvalue weighted by molar-refractivity contribution is -0.129. The molecule has 1 aliphatic heterocycles. The topological polar surface area (TPSA) is 67.9 Å². The fourth-order valence-electron chi connectivity index (χ4n) is 3.42. The Kier molecular flexibility index (Phi) is 6.19. The van der Waals surface area contributed by atoms with Crippen LogP contribution in [0.15, 0.2) is 42.5 Å². The number of likely N-dealkylation sites (tertiary alicyclic amines) is 1. The van der Waals surface area contributed by atoms with Crippen LogP contribution >= 0.6 is 0 Å². The minimum Gasteiger partial charge on any atom is -0.493 e. The van der Waals surface area contributed by atoms with E-state index in [1.165, 1.54) is 0 Å². The summed E-state index contributed by atoms with van der Waals surface area (Å²) in [4.78, 5) is 26.7. The average Bonchev–Trinajstić information content (AvgIpc) is 3.08. The van der Waals surface area contributed by atoms with E-state index in [4.69, 9.17) is 9.47 Å². The van der Waals surface area contributed by atoms with Crippen LogP contribution in [0, 0.1) is 12.8 Å². The van der Waals surface area contributed by atoms with Gasteiger partial charge in [-0.15, -0.1) is 0 Å². The maximum Gasteiger partial charge on any atom is 0.225 e. The summed E-state index contributed by atoms with van der Waals surface area (Å²) in [5, 5.41) is 2.93. The van der Waals surface area contributed by atoms with Gasteiger partial charge in [0.2, 0.25) is 11.8 Å². The van der Waals surface area contributed by atoms with Crippen molar-refractivity contribution in [3.63, 3.8) is 0 Å². The third-order valence-electron chi connectivity index (χ3n) is 5.12. The van der Waals surface area contributed by atoms with Gasteiger partial charge in [0.15, 0.2) is 11.5 Å². The van der Waals surface area contributed by atoms with Gasteiger partial charge in [-0.25, -0.2) is 0 Å². The number of methoxy groups -OCH3 is 2. The number of rotatable bonds is 7. The molecule has 1 saturated heterocycles. The predicted octanol–water partition coefficient (Wildman–Crippen LogP) is 2.68. The first-order chi connectivity index (χ1) is 13.5. The molecule has 0 aromatic heterocycles. The Labute approximate surface area is 165 Å². The Balaban J connectivity index is 1.57. The third-order valence-corrected chi connectivity index (χ3v) is 5.12. The maximum absolute atomic E-state index is 12.6. The van der Waals surface area contributed by atoms with Gasteiger partial charge in [0, 0.05) is 26.1 Å². The van der Waals surface area contributed by atoms with Crippen molar-refractivity contribution >= 4 is 11.8 Å². The molecular weight excluding hydrogens is 356 g/mol. The van der Waals surface area contributed by atoms with Gasteiger partial charge in [0.25, 0.3) is 0 Å². The standard InChI is InChI=1S/C22H26N2O4/c1-15-6-4-5-7-17(15)13-24-14-18(11-21(24)25)22(26)23-12-16-8-9-19(27-2)20(10-16)28-3/h4-10,18H,11-14H2,1-3H3,(H,23,26). The summed E-state index contributed by atoms with van der Waals surface area (Å²) in [5.41, 5.74) is 3.17. The number of aryl methyl sites for hydroxylation is 1. The zero-order chi connectivity index (χ0) is 20.1. The van der Waals surface area contributed by atoms with Crippen LogP contribution in [0.4, 0.5) is 0 Å². The summed E-state index contributed by atoms with van der Waals surface area (Å²) in [6.45, 7) is 3.40. The van der Waals surface area contributed by atoms with Crippen molar-refractivity contribution in [1.82, 2.24) is 10.2 Å². The number of nitrogens with zero attached hydrogens (tertiary/aromatic N) is 1. The second-order valence-corrected chi connectivity index (χ2v) is 7.01. The molecule has 2 aromatic rings. The molecule has 148 valence electrons. The number of ether oxygens (including phenoxy) is 2. The predicted molar refractivity (Wildman–Crippen MR) is 106 cm³/mol. The number of hydrogen-bond donors (Lipinski definition) is 1. The molecule has 0 radical (unpaired) electrons. The van der Waals surface area contributed by atoms with E-state index >= 15 is 0 Å². The van der Waals surface area contributed by atoms with Crippen molar-refractivity contribution < 1.29 is 19.1 Å². The molecule has 1 unspecified atom stereocenters. The number of nitrogens with one attached hydrogen (secondary N) is 1. The van der Waals surface area contributed by atoms with Gasteiger partial charge in [-0.05, 0) is 35.7 Å². The smallest absolute Gasteiger partial charge is 0.225 e. The van der Waals surface area contributed by atoms with Crippen LogP contribution in [0.5, 0.6) is 11.5 Å². The zero-order valence-electron chi connectivity index (χ0n) is 16.5. The molecule has 0 aliphatic carbocycles. The Bertz CT molecular complexity index is 865. The van der Waals surface area contributed by atoms with Crippen LogP contribution in [0.2, 0.25) is 0 Å². The van der Waals surface area contributed by atoms with Gasteiger partial charge >= 0.3 is 0 Å². The van der Waals surface area contributed by atoms with E-state index in [2.05, 4.69) is 5.32 Å². The highest BCUT2D eigenvalue weighted by molar-refractivity contribution is 5.89. The van der Waals surface area contributed by atoms with Crippen LogP contribution in [0.3, 0.4) is 0 Å². The fraction of sp³-hybridized carbons (Fsp3) is 0.364. The molecule has 0 spiro atoms. The molecule has 1 fully saturated rings. The molecule has 2 amide bonds. The van der Waals surface area contributed by atoms with Gasteiger partial charge in [-0.1, -0.05) is 30.3 Å². The lowest BCUT2D eigenvalue weighted by Gasteiger charge is -2.18. The highest BCUT2D eigenvalue weighted by atomic mass is 16.5. The number of amides is 2. The van der Waals surface area contributed by atoms with E-state index in [-0.39, 0.29) is 24.2 Å². The second kappa shape index (κ2) is 8.78. The largest absolute Gasteiger partial charge is 0.493 e. The minimum absolute atomic E-state index is 0.0227. The molecule has 6 nitrogen and oxygen atoms in total. The summed E-state index contributed by atoms with van der Waals surface area (Å²) in [6, 6.07) is 13.5. The highest BCUT2D eigenvalue weighted by Gasteiger charge is 2.34. The summed E-state index contributed by atoms with van der Waals surface area (Å²) in [7, 11) is 3.16. The number of carbonyl (C=O) groups is 2. The van der Waals surface area contributed by atoms with Gasteiger partial charge in [-0.3, -0.25) is 9.59 Å². The molecule has 1 aliphatic rings. The molecule has 3 rings (SSSR count). The molecule has 6 heteroatoms. The maximum atomic E-state index is 12.6. The van der Waals surface area contributed by atoms with Crippen molar-refractivity contribution in [2.45, 2.75) is 26.4 Å². The van der Waals surface area contributed by atoms with E-state index in [1.54, 1.807) is 19.1 Å². The fourth-order valence-corrected chi connectivity index (χ4v) is 3.42. The average molecular weight is 382 g/mol. The summed E-state index contributed by atoms with van der Waals surface area (Å²) in [5.74, 6) is 0.863. The van der Waals surface area contributed by atoms with E-state index in [0.29, 0.717) is 31.1 Å². The molecule has 1 N–H and O–H groups in total. The van der Waals surface area contributed by atoms with E-state index in [9.17, 15) is 9.59 Å². The number of hydrogen-bond acceptors (Lipinski definition) is 4. The molecule has 28 heavy (non-hydrogen) atoms. The minimum atomic E-state index is -0.323. The van der Waals surface area contributed by atoms with Gasteiger partial charge < -0.3 is 19.7 Å². The van der Waals surface area contributed by atoms with E-state index in [1.807, 2.05) is 49.4 Å². The van der Waals surface area contributed by atoms with Gasteiger partial charge in [0.05, 0.1) is 20.1 Å². The quantitative estimate of drug-likeness (QED) is 0.799. The SMILES string of the molecule is COc1ccc(CNC(=O)C2CC(=O)N(Cc3ccccc3C)C2)cc1OC. The first kappa shape index (κ1) is 19.7. The van der Waals surface area contributed by atoms with Crippen molar-refractivity contribution in [3.05, 3.63) is 59.2 Å². The van der Waals surface area contributed by atoms with Gasteiger partial charge in [0.1, 0.15) is 0 Å². The first-order valence-corrected chi connectivity index (χ1v) is 9.32. The Hall–Kier alpha value is -3.02. The summed E-state index contributed by atoms with van der Waals surface area (Å²) in [6.07, 6.45) is 0.254. The summed E-state index contributed by atoms with van der Waals surface area (Å²) >= 11 is 0. The van der Waals surface area contributed by atoms with Crippen LogP contribution in [-0.2, 0) is 22.7 Å². The Morgan fingerprint density at radius 1 is 1.14 bits per heavy atom. The number of carbonyl (C=O) groups excluding carboxylic acids is 2. The van der Waals surface area contributed by atoms with Crippen molar-refractivity contribution in [1.29, 1.82) is 0 Å². The molecule has 2 aromatic carbocycles. The Morgan fingerprint density at radius 3 is 2.61 bits per heavy atom. The molecule has 1 heterocycles. The summed E-state index contributed by atoms with van der Waals surface area (Å²) < 4.78 is 10.5. The van der Waals surface area contributed by atoms with Crippen LogP contribution in [-0.4, -0.2) is 37.5 Å². The number of benzene rings is 2. The van der Waals surface area contributed by atoms with Crippen molar-refractivity contribution in [3.8, 4) is 11.5 Å². The molecule has 1 atom stereocenters. The van der Waals surface area contributed by atoms with Crippen molar-refractivity contribution in [2.75, 3.05) is 20.8 Å². The van der Waals surface area contributed by atoms with E-state index < -0.39 is 0 Å². The van der Waals surface area contributed by atoms with Crippen LogP contribution in [0.25, 0.3) is 0 Å². The highest BCUT2D eigenvalue weighted by Crippen LogP contribution is 2.27. The van der Waals surface area contributed by atoms with Gasteiger partial charge in [-0.2, -0.15) is 0 Å². The monoisotopic (exact) mass is 382 g/mol. The normalized spacial score (nSPS) is 16.2. The lowest BCUT2D eigenvalue weighted by Crippen LogP contribution is -2.32. The lowest BCUT2D eigenvalue weighted by atomic mass is 10.1. The van der Waals surface area contributed by atoms with Crippen LogP contribution in [0.1, 0.15) is 23.1 Å².